The summed E-state index contributed by atoms with van der Waals surface area (Å²) in [6, 6.07) is 5.53. The number of amides is 2. The van der Waals surface area contributed by atoms with Crippen LogP contribution < -0.4 is 14.8 Å². The molecule has 5 rings (SSSR count). The highest BCUT2D eigenvalue weighted by molar-refractivity contribution is 6.06. The lowest BCUT2D eigenvalue weighted by Crippen LogP contribution is -2.64. The van der Waals surface area contributed by atoms with Gasteiger partial charge in [-0.1, -0.05) is 18.9 Å². The lowest BCUT2D eigenvalue weighted by molar-refractivity contribution is -0.134. The van der Waals surface area contributed by atoms with Gasteiger partial charge in [-0.05, 0) is 37.5 Å². The van der Waals surface area contributed by atoms with E-state index >= 15 is 0 Å². The van der Waals surface area contributed by atoms with Crippen molar-refractivity contribution in [2.24, 2.45) is 0 Å². The Kier molecular flexibility index (Phi) is 5.22. The van der Waals surface area contributed by atoms with E-state index in [2.05, 4.69) is 10.3 Å². The second-order valence-corrected chi connectivity index (χ2v) is 8.87. The minimum Gasteiger partial charge on any atom is -0.464 e. The molecule has 2 aromatic rings. The molecule has 1 aromatic carbocycles. The number of hydrogen-bond acceptors (Lipinski definition) is 7. The van der Waals surface area contributed by atoms with Crippen LogP contribution in [0.1, 0.15) is 59.1 Å². The Balaban J connectivity index is 1.52. The van der Waals surface area contributed by atoms with Gasteiger partial charge in [0, 0.05) is 12.6 Å². The molecule has 10 heteroatoms. The van der Waals surface area contributed by atoms with E-state index in [-0.39, 0.29) is 43.2 Å². The van der Waals surface area contributed by atoms with Gasteiger partial charge in [0.15, 0.2) is 17.2 Å². The average Bonchev–Trinajstić information content (AvgIpc) is 3.56. The third-order valence-electron chi connectivity index (χ3n) is 6.70. The van der Waals surface area contributed by atoms with Crippen molar-refractivity contribution in [1.82, 2.24) is 19.8 Å². The first-order chi connectivity index (χ1) is 15.9. The minimum absolute atomic E-state index is 0.0589. The molecule has 2 aliphatic heterocycles. The number of imidazole rings is 1. The van der Waals surface area contributed by atoms with Gasteiger partial charge >= 0.3 is 5.97 Å². The van der Waals surface area contributed by atoms with E-state index < -0.39 is 17.4 Å². The summed E-state index contributed by atoms with van der Waals surface area (Å²) in [7, 11) is 1.24. The summed E-state index contributed by atoms with van der Waals surface area (Å²) in [6.07, 6.45) is 5.44. The monoisotopic (exact) mass is 454 g/mol. The predicted octanol–water partition coefficient (Wildman–Crippen LogP) is 1.87. The first-order valence-corrected chi connectivity index (χ1v) is 11.1. The van der Waals surface area contributed by atoms with Gasteiger partial charge in [-0.3, -0.25) is 9.59 Å². The van der Waals surface area contributed by atoms with E-state index in [0.717, 1.165) is 31.2 Å². The Labute approximate surface area is 190 Å². The van der Waals surface area contributed by atoms with E-state index in [9.17, 15) is 14.4 Å². The molecule has 1 aliphatic carbocycles. The molecular weight excluding hydrogens is 428 g/mol. The van der Waals surface area contributed by atoms with Crippen molar-refractivity contribution < 1.29 is 28.6 Å². The van der Waals surface area contributed by atoms with Crippen molar-refractivity contribution in [2.45, 2.75) is 57.3 Å². The largest absolute Gasteiger partial charge is 0.464 e. The topological polar surface area (TPSA) is 112 Å². The molecule has 1 fully saturated rings. The van der Waals surface area contributed by atoms with Gasteiger partial charge in [-0.2, -0.15) is 0 Å². The first-order valence-electron chi connectivity index (χ1n) is 11.1. The van der Waals surface area contributed by atoms with Gasteiger partial charge in [-0.15, -0.1) is 0 Å². The molecule has 1 aromatic heterocycles. The lowest BCUT2D eigenvalue weighted by atomic mass is 9.93. The van der Waals surface area contributed by atoms with E-state index in [1.807, 2.05) is 6.07 Å². The fraction of sp³-hybridized carbons (Fsp3) is 0.478. The molecule has 1 saturated carbocycles. The van der Waals surface area contributed by atoms with Crippen LogP contribution in [0.25, 0.3) is 0 Å². The van der Waals surface area contributed by atoms with Crippen molar-refractivity contribution in [3.8, 4) is 11.5 Å². The third kappa shape index (κ3) is 3.59. The standard InChI is InChI=1S/C23H26N4O6/c1-23(22(30)25-15-5-3-4-6-15)11-26-12-24-18(21(29)31-2)19(26)20(28)27(23)10-14-7-8-16-17(9-14)33-13-32-16/h7-9,12,15H,3-6,10-11,13H2,1-2H3,(H,25,30)/t23-/m1/s1. The van der Waals surface area contributed by atoms with Crippen LogP contribution in [0.2, 0.25) is 0 Å². The van der Waals surface area contributed by atoms with E-state index in [1.54, 1.807) is 23.6 Å². The number of aromatic nitrogens is 2. The van der Waals surface area contributed by atoms with Gasteiger partial charge in [0.2, 0.25) is 12.7 Å². The number of hydrogen-bond donors (Lipinski definition) is 1. The number of fused-ring (bicyclic) bond motifs is 2. The number of rotatable bonds is 5. The number of methoxy groups -OCH3 is 1. The van der Waals surface area contributed by atoms with Gasteiger partial charge in [0.05, 0.1) is 20.0 Å². The number of ether oxygens (including phenoxy) is 3. The van der Waals surface area contributed by atoms with Crippen LogP contribution in [0, 0.1) is 0 Å². The molecule has 174 valence electrons. The van der Waals surface area contributed by atoms with Crippen LogP contribution in [-0.2, 0) is 22.6 Å². The normalized spacial score (nSPS) is 21.8. The average molecular weight is 454 g/mol. The number of nitrogens with one attached hydrogen (secondary N) is 1. The third-order valence-corrected chi connectivity index (χ3v) is 6.70. The Morgan fingerprint density at radius 1 is 1.24 bits per heavy atom. The second-order valence-electron chi connectivity index (χ2n) is 8.87. The van der Waals surface area contributed by atoms with Gasteiger partial charge < -0.3 is 29.0 Å². The fourth-order valence-electron chi connectivity index (χ4n) is 4.81. The molecule has 0 radical (unpaired) electrons. The van der Waals surface area contributed by atoms with Crippen LogP contribution >= 0.6 is 0 Å². The molecule has 3 aliphatic rings. The van der Waals surface area contributed by atoms with Gasteiger partial charge in [-0.25, -0.2) is 9.78 Å². The SMILES string of the molecule is COC(=O)c1ncn2c1C(=O)N(Cc1ccc3c(c1)OCO3)[C@@](C)(C(=O)NC1CCCC1)C2. The van der Waals surface area contributed by atoms with E-state index in [4.69, 9.17) is 14.2 Å². The van der Waals surface area contributed by atoms with Crippen molar-refractivity contribution in [2.75, 3.05) is 13.9 Å². The van der Waals surface area contributed by atoms with Crippen LogP contribution in [0.3, 0.4) is 0 Å². The Bertz CT molecular complexity index is 1120. The molecule has 3 heterocycles. The summed E-state index contributed by atoms with van der Waals surface area (Å²) in [5.41, 5.74) is -0.345. The Morgan fingerprint density at radius 3 is 2.76 bits per heavy atom. The van der Waals surface area contributed by atoms with Crippen molar-refractivity contribution >= 4 is 17.8 Å². The molecule has 0 unspecified atom stereocenters. The summed E-state index contributed by atoms with van der Waals surface area (Å²) < 4.78 is 17.2. The summed E-state index contributed by atoms with van der Waals surface area (Å²) in [5.74, 6) is -0.145. The fourth-order valence-corrected chi connectivity index (χ4v) is 4.81. The number of benzene rings is 1. The molecule has 0 spiro atoms. The molecule has 33 heavy (non-hydrogen) atoms. The molecule has 0 bridgehead atoms. The number of esters is 1. The first kappa shape index (κ1) is 21.3. The maximum atomic E-state index is 13.7. The van der Waals surface area contributed by atoms with Crippen molar-refractivity contribution in [1.29, 1.82) is 0 Å². The lowest BCUT2D eigenvalue weighted by Gasteiger charge is -2.44. The molecular formula is C23H26N4O6. The molecule has 1 N–H and O–H groups in total. The Morgan fingerprint density at radius 2 is 2.00 bits per heavy atom. The van der Waals surface area contributed by atoms with Crippen LogP contribution in [0.4, 0.5) is 0 Å². The zero-order valence-electron chi connectivity index (χ0n) is 18.6. The zero-order chi connectivity index (χ0) is 23.2. The van der Waals surface area contributed by atoms with Gasteiger partial charge in [0.25, 0.3) is 5.91 Å². The van der Waals surface area contributed by atoms with Gasteiger partial charge in [0.1, 0.15) is 11.2 Å². The summed E-state index contributed by atoms with van der Waals surface area (Å²) >= 11 is 0. The smallest absolute Gasteiger partial charge is 0.359 e. The van der Waals surface area contributed by atoms with Crippen molar-refractivity contribution in [3.63, 3.8) is 0 Å². The number of carbonyl (C=O) groups is 3. The summed E-state index contributed by atoms with van der Waals surface area (Å²) in [6.45, 7) is 2.21. The maximum absolute atomic E-state index is 13.7. The molecule has 1 atom stereocenters. The molecule has 2 amide bonds. The quantitative estimate of drug-likeness (QED) is 0.687. The zero-order valence-corrected chi connectivity index (χ0v) is 18.6. The molecule has 10 nitrogen and oxygen atoms in total. The number of carbonyl (C=O) groups excluding carboxylic acids is 3. The minimum atomic E-state index is -1.18. The van der Waals surface area contributed by atoms with Crippen LogP contribution in [0.5, 0.6) is 11.5 Å². The highest BCUT2D eigenvalue weighted by Gasteiger charge is 2.49. The Hall–Kier alpha value is -3.56. The summed E-state index contributed by atoms with van der Waals surface area (Å²) in [5, 5.41) is 3.14. The molecule has 0 saturated heterocycles. The van der Waals surface area contributed by atoms with Crippen LogP contribution in [-0.4, -0.2) is 57.7 Å². The van der Waals surface area contributed by atoms with Crippen LogP contribution in [0.15, 0.2) is 24.5 Å². The van der Waals surface area contributed by atoms with Crippen molar-refractivity contribution in [3.05, 3.63) is 41.5 Å². The maximum Gasteiger partial charge on any atom is 0.359 e. The summed E-state index contributed by atoms with van der Waals surface area (Å²) in [4.78, 5) is 45.1. The highest BCUT2D eigenvalue weighted by Crippen LogP contribution is 2.35. The number of nitrogens with zero attached hydrogens (tertiary/aromatic N) is 3. The van der Waals surface area contributed by atoms with E-state index in [0.29, 0.717) is 11.5 Å². The second kappa shape index (κ2) is 8.09. The predicted molar refractivity (Wildman–Crippen MR) is 115 cm³/mol. The highest BCUT2D eigenvalue weighted by atomic mass is 16.7. The van der Waals surface area contributed by atoms with E-state index in [1.165, 1.54) is 18.3 Å².